The van der Waals surface area contributed by atoms with Crippen LogP contribution in [0, 0.1) is 0 Å². The number of hydrogen-bond donors (Lipinski definition) is 2. The fourth-order valence-electron chi connectivity index (χ4n) is 1.75. The van der Waals surface area contributed by atoms with Gasteiger partial charge in [-0.25, -0.2) is 4.68 Å². The second-order valence-corrected chi connectivity index (χ2v) is 4.62. The maximum Gasteiger partial charge on any atom is 0.418 e. The minimum atomic E-state index is -4.50. The Morgan fingerprint density at radius 3 is 2.76 bits per heavy atom. The molecule has 1 aromatic heterocycles. The zero-order chi connectivity index (χ0) is 15.5. The molecule has 1 heterocycles. The first-order chi connectivity index (χ1) is 9.91. The number of hydrogen-bond acceptors (Lipinski definition) is 4. The van der Waals surface area contributed by atoms with E-state index >= 15 is 0 Å². The highest BCUT2D eigenvalue weighted by Crippen LogP contribution is 2.38. The molecule has 0 radical (unpaired) electrons. The monoisotopic (exact) mass is 320 g/mol. The van der Waals surface area contributed by atoms with Crippen molar-refractivity contribution in [3.05, 3.63) is 40.7 Å². The second kappa shape index (κ2) is 6.31. The summed E-state index contributed by atoms with van der Waals surface area (Å²) in [7, 11) is 0. The maximum absolute atomic E-state index is 12.9. The normalized spacial score (nSPS) is 11.7. The summed E-state index contributed by atoms with van der Waals surface area (Å²) in [5, 5.41) is 18.9. The van der Waals surface area contributed by atoms with Crippen LogP contribution in [-0.4, -0.2) is 26.7 Å². The molecule has 1 aromatic carbocycles. The molecule has 21 heavy (non-hydrogen) atoms. The fraction of sp³-hybridized carbons (Fsp3) is 0.333. The van der Waals surface area contributed by atoms with Gasteiger partial charge in [0, 0.05) is 0 Å². The molecule has 2 N–H and O–H groups in total. The Morgan fingerprint density at radius 2 is 2.10 bits per heavy atom. The molecule has 0 bridgehead atoms. The number of nitrogens with zero attached hydrogens (tertiary/aromatic N) is 3. The number of alkyl halides is 3. The average Bonchev–Trinajstić information content (AvgIpc) is 2.84. The standard InChI is InChI=1S/C12H12ClF3N4O/c13-10-3-1-2-9(12(14,15)16)11(10)17-6-8-7-20(4-5-21)19-18-8/h1-3,7,17,21H,4-6H2. The topological polar surface area (TPSA) is 63.0 Å². The van der Waals surface area contributed by atoms with Gasteiger partial charge in [-0.1, -0.05) is 22.9 Å². The first kappa shape index (κ1) is 15.6. The smallest absolute Gasteiger partial charge is 0.394 e. The zero-order valence-corrected chi connectivity index (χ0v) is 11.5. The van der Waals surface area contributed by atoms with Gasteiger partial charge in [0.15, 0.2) is 0 Å². The number of benzene rings is 1. The number of nitrogens with one attached hydrogen (secondary N) is 1. The molecule has 5 nitrogen and oxygen atoms in total. The highest BCUT2D eigenvalue weighted by molar-refractivity contribution is 6.33. The van der Waals surface area contributed by atoms with Crippen molar-refractivity contribution in [2.75, 3.05) is 11.9 Å². The van der Waals surface area contributed by atoms with E-state index in [1.54, 1.807) is 0 Å². The van der Waals surface area contributed by atoms with Crippen molar-refractivity contribution in [1.82, 2.24) is 15.0 Å². The largest absolute Gasteiger partial charge is 0.418 e. The fourth-order valence-corrected chi connectivity index (χ4v) is 1.99. The Kier molecular flexibility index (Phi) is 4.69. The lowest BCUT2D eigenvalue weighted by Gasteiger charge is -2.15. The lowest BCUT2D eigenvalue weighted by Crippen LogP contribution is -2.11. The first-order valence-electron chi connectivity index (χ1n) is 6.01. The van der Waals surface area contributed by atoms with Gasteiger partial charge in [-0.3, -0.25) is 0 Å². The summed E-state index contributed by atoms with van der Waals surface area (Å²) in [5.41, 5.74) is -0.586. The van der Waals surface area contributed by atoms with Crippen LogP contribution >= 0.6 is 11.6 Å². The lowest BCUT2D eigenvalue weighted by molar-refractivity contribution is -0.136. The second-order valence-electron chi connectivity index (χ2n) is 4.21. The van der Waals surface area contributed by atoms with Crippen LogP contribution in [0.15, 0.2) is 24.4 Å². The molecule has 0 saturated heterocycles. The van der Waals surface area contributed by atoms with Gasteiger partial charge in [-0.05, 0) is 12.1 Å². The Balaban J connectivity index is 2.15. The van der Waals surface area contributed by atoms with Crippen molar-refractivity contribution in [3.63, 3.8) is 0 Å². The predicted molar refractivity (Wildman–Crippen MR) is 70.9 cm³/mol. The molecule has 0 aliphatic heterocycles. The summed E-state index contributed by atoms with van der Waals surface area (Å²) >= 11 is 5.82. The van der Waals surface area contributed by atoms with Crippen molar-refractivity contribution >= 4 is 17.3 Å². The van der Waals surface area contributed by atoms with Crippen molar-refractivity contribution in [3.8, 4) is 0 Å². The molecule has 0 aliphatic rings. The van der Waals surface area contributed by atoms with E-state index in [-0.39, 0.29) is 30.4 Å². The average molecular weight is 321 g/mol. The predicted octanol–water partition coefficient (Wildman–Crippen LogP) is 2.55. The summed E-state index contributed by atoms with van der Waals surface area (Å²) < 4.78 is 40.1. The SMILES string of the molecule is OCCn1cc(CNc2c(Cl)cccc2C(F)(F)F)nn1. The van der Waals surface area contributed by atoms with Gasteiger partial charge in [-0.2, -0.15) is 13.2 Å². The molecule has 0 saturated carbocycles. The first-order valence-corrected chi connectivity index (χ1v) is 6.39. The summed E-state index contributed by atoms with van der Waals surface area (Å²) in [4.78, 5) is 0. The van der Waals surface area contributed by atoms with Crippen LogP contribution in [0.4, 0.5) is 18.9 Å². The Bertz CT molecular complexity index is 615. The summed E-state index contributed by atoms with van der Waals surface area (Å²) in [5.74, 6) is 0. The Morgan fingerprint density at radius 1 is 1.33 bits per heavy atom. The minimum absolute atomic E-state index is 0.0208. The number of anilines is 1. The molecular weight excluding hydrogens is 309 g/mol. The summed E-state index contributed by atoms with van der Waals surface area (Å²) in [6, 6.07) is 3.58. The van der Waals surface area contributed by atoms with Gasteiger partial charge in [0.2, 0.25) is 0 Å². The summed E-state index contributed by atoms with van der Waals surface area (Å²) in [6.07, 6.45) is -2.96. The third-order valence-corrected chi connectivity index (χ3v) is 3.00. The van der Waals surface area contributed by atoms with Gasteiger partial charge in [0.25, 0.3) is 0 Å². The quantitative estimate of drug-likeness (QED) is 0.889. The molecule has 0 atom stereocenters. The highest BCUT2D eigenvalue weighted by atomic mass is 35.5. The number of halogens is 4. The van der Waals surface area contributed by atoms with Crippen molar-refractivity contribution in [1.29, 1.82) is 0 Å². The molecule has 0 spiro atoms. The molecule has 0 unspecified atom stereocenters. The molecule has 2 rings (SSSR count). The van der Waals surface area contributed by atoms with Crippen LogP contribution in [-0.2, 0) is 19.3 Å². The number of aromatic nitrogens is 3. The van der Waals surface area contributed by atoms with Gasteiger partial charge in [-0.15, -0.1) is 5.10 Å². The zero-order valence-electron chi connectivity index (χ0n) is 10.7. The van der Waals surface area contributed by atoms with Crippen LogP contribution in [0.5, 0.6) is 0 Å². The molecule has 0 aliphatic carbocycles. The van der Waals surface area contributed by atoms with Gasteiger partial charge in [0.1, 0.15) is 5.69 Å². The van der Waals surface area contributed by atoms with Crippen LogP contribution in [0.3, 0.4) is 0 Å². The van der Waals surface area contributed by atoms with Crippen molar-refractivity contribution in [2.24, 2.45) is 0 Å². The van der Waals surface area contributed by atoms with Crippen molar-refractivity contribution < 1.29 is 18.3 Å². The molecule has 9 heteroatoms. The molecule has 114 valence electrons. The third-order valence-electron chi connectivity index (χ3n) is 2.68. The number of rotatable bonds is 5. The van der Waals surface area contributed by atoms with E-state index < -0.39 is 11.7 Å². The number of para-hydroxylation sites is 1. The van der Waals surface area contributed by atoms with E-state index in [4.69, 9.17) is 16.7 Å². The lowest BCUT2D eigenvalue weighted by atomic mass is 10.1. The number of aliphatic hydroxyl groups excluding tert-OH is 1. The summed E-state index contributed by atoms with van der Waals surface area (Å²) in [6.45, 7) is 0.212. The van der Waals surface area contributed by atoms with Gasteiger partial charge in [0.05, 0.1) is 42.2 Å². The van der Waals surface area contributed by atoms with E-state index in [9.17, 15) is 13.2 Å². The van der Waals surface area contributed by atoms with Crippen molar-refractivity contribution in [2.45, 2.75) is 19.3 Å². The molecule has 0 amide bonds. The van der Waals surface area contributed by atoms with Gasteiger partial charge >= 0.3 is 6.18 Å². The minimum Gasteiger partial charge on any atom is -0.394 e. The van der Waals surface area contributed by atoms with E-state index in [0.29, 0.717) is 5.69 Å². The van der Waals surface area contributed by atoms with Crippen LogP contribution in [0.25, 0.3) is 0 Å². The van der Waals surface area contributed by atoms with E-state index in [2.05, 4.69) is 15.6 Å². The Labute approximate surface area is 123 Å². The molecule has 2 aromatic rings. The molecule has 0 fully saturated rings. The molecular formula is C12H12ClF3N4O. The van der Waals surface area contributed by atoms with E-state index in [0.717, 1.165) is 6.07 Å². The Hall–Kier alpha value is -1.80. The van der Waals surface area contributed by atoms with Crippen LogP contribution in [0.1, 0.15) is 11.3 Å². The van der Waals surface area contributed by atoms with Gasteiger partial charge < -0.3 is 10.4 Å². The van der Waals surface area contributed by atoms with Crippen LogP contribution < -0.4 is 5.32 Å². The van der Waals surface area contributed by atoms with E-state index in [1.807, 2.05) is 0 Å². The highest BCUT2D eigenvalue weighted by Gasteiger charge is 2.34. The van der Waals surface area contributed by atoms with E-state index in [1.165, 1.54) is 23.0 Å². The van der Waals surface area contributed by atoms with Crippen LogP contribution in [0.2, 0.25) is 5.02 Å². The number of aliphatic hydroxyl groups is 1. The third kappa shape index (κ3) is 3.85. The maximum atomic E-state index is 12.9.